The van der Waals surface area contributed by atoms with Crippen molar-refractivity contribution < 1.29 is 9.30 Å². The molecule has 21 heavy (non-hydrogen) atoms. The van der Waals surface area contributed by atoms with Gasteiger partial charge in [-0.3, -0.25) is 0 Å². The first-order chi connectivity index (χ1) is 10.3. The Labute approximate surface area is 123 Å². The Morgan fingerprint density at radius 1 is 0.619 bits per heavy atom. The molecule has 3 aromatic carbocycles. The second-order valence-corrected chi connectivity index (χ2v) is 7.68. The molecule has 0 saturated carbocycles. The molecule has 0 spiro atoms. The Balaban J connectivity index is 2.09. The van der Waals surface area contributed by atoms with Gasteiger partial charge in [0.25, 0.3) is 0 Å². The molecule has 0 radical (unpaired) electrons. The molecule has 0 fully saturated rings. The monoisotopic (exact) mass is 292 g/mol. The van der Waals surface area contributed by atoms with E-state index in [2.05, 4.69) is 0 Å². The molecule has 0 N–H and O–H groups in total. The zero-order valence-corrected chi connectivity index (χ0v) is 12.2. The predicted molar refractivity (Wildman–Crippen MR) is 85.9 cm³/mol. The molecule has 3 aromatic rings. The zero-order chi connectivity index (χ0) is 14.3. The molecule has 0 bridgehead atoms. The lowest BCUT2D eigenvalue weighted by Gasteiger charge is -2.28. The Morgan fingerprint density at radius 2 is 1.10 bits per heavy atom. The van der Waals surface area contributed by atoms with Gasteiger partial charge in [0, 0.05) is 5.30 Å². The molecular weight excluding hydrogens is 279 g/mol. The highest BCUT2D eigenvalue weighted by atomic mass is 31.2. The van der Waals surface area contributed by atoms with E-state index in [1.807, 2.05) is 78.9 Å². The van der Waals surface area contributed by atoms with Crippen LogP contribution in [-0.2, 0) is 4.57 Å². The van der Waals surface area contributed by atoms with E-state index in [1.54, 1.807) is 0 Å². The van der Waals surface area contributed by atoms with E-state index in [-0.39, 0.29) is 0 Å². The van der Waals surface area contributed by atoms with Crippen LogP contribution in [0.2, 0.25) is 0 Å². The van der Waals surface area contributed by atoms with Gasteiger partial charge in [0.2, 0.25) is 0 Å². The van der Waals surface area contributed by atoms with Crippen LogP contribution in [-0.4, -0.2) is 0 Å². The van der Waals surface area contributed by atoms with Crippen LogP contribution >= 0.6 is 7.14 Å². The van der Waals surface area contributed by atoms with Crippen molar-refractivity contribution in [2.75, 3.05) is 0 Å². The summed E-state index contributed by atoms with van der Waals surface area (Å²) in [5.41, 5.74) is 0. The van der Waals surface area contributed by atoms with Gasteiger partial charge in [0.15, 0.2) is 7.14 Å². The molecule has 4 rings (SSSR count). The van der Waals surface area contributed by atoms with Crippen LogP contribution in [0.3, 0.4) is 0 Å². The van der Waals surface area contributed by atoms with E-state index < -0.39 is 7.14 Å². The van der Waals surface area contributed by atoms with E-state index >= 15 is 0 Å². The summed E-state index contributed by atoms with van der Waals surface area (Å²) in [6.07, 6.45) is 0. The summed E-state index contributed by atoms with van der Waals surface area (Å²) < 4.78 is 19.9. The van der Waals surface area contributed by atoms with Crippen molar-refractivity contribution in [3.05, 3.63) is 78.9 Å². The summed E-state index contributed by atoms with van der Waals surface area (Å²) in [4.78, 5) is 0. The van der Waals surface area contributed by atoms with Crippen molar-refractivity contribution in [2.45, 2.75) is 0 Å². The minimum absolute atomic E-state index is 0.684. The molecule has 3 heteroatoms. The van der Waals surface area contributed by atoms with Gasteiger partial charge in [0.05, 0.1) is 10.6 Å². The number of fused-ring (bicyclic) bond motifs is 2. The summed E-state index contributed by atoms with van der Waals surface area (Å²) >= 11 is 0. The fraction of sp³-hybridized carbons (Fsp3) is 0. The predicted octanol–water partition coefficient (Wildman–Crippen LogP) is 3.43. The number of hydrogen-bond acceptors (Lipinski definition) is 2. The quantitative estimate of drug-likeness (QED) is 0.502. The molecule has 102 valence electrons. The second kappa shape index (κ2) is 4.61. The van der Waals surface area contributed by atoms with Gasteiger partial charge in [-0.15, -0.1) is 0 Å². The maximum Gasteiger partial charge on any atom is 0.178 e. The average molecular weight is 292 g/mol. The highest BCUT2D eigenvalue weighted by Gasteiger charge is 2.38. The number of para-hydroxylation sites is 2. The average Bonchev–Trinajstić information content (AvgIpc) is 2.56. The topological polar surface area (TPSA) is 26.3 Å². The first-order valence-electron chi connectivity index (χ1n) is 6.83. The lowest BCUT2D eigenvalue weighted by atomic mass is 10.3. The van der Waals surface area contributed by atoms with Crippen molar-refractivity contribution in [3.8, 4) is 11.5 Å². The van der Waals surface area contributed by atoms with E-state index in [4.69, 9.17) is 4.74 Å². The highest BCUT2D eigenvalue weighted by Crippen LogP contribution is 2.51. The van der Waals surface area contributed by atoms with Gasteiger partial charge in [-0.05, 0) is 24.3 Å². The minimum Gasteiger partial charge on any atom is -0.456 e. The molecule has 0 aliphatic carbocycles. The van der Waals surface area contributed by atoms with Crippen molar-refractivity contribution >= 4 is 23.1 Å². The number of benzene rings is 3. The fourth-order valence-electron chi connectivity index (χ4n) is 2.77. The first-order valence-corrected chi connectivity index (χ1v) is 8.53. The Bertz CT molecular complexity index is 806. The molecule has 1 heterocycles. The molecule has 0 aromatic heterocycles. The van der Waals surface area contributed by atoms with Gasteiger partial charge >= 0.3 is 0 Å². The standard InChI is InChI=1S/C18H13O2P/c19-21(14-8-2-1-3-9-14)17-12-6-4-10-15(17)20-16-11-5-7-13-18(16)21/h1-13H. The minimum atomic E-state index is -2.87. The number of ether oxygens (including phenoxy) is 1. The molecule has 0 amide bonds. The molecule has 1 aliphatic heterocycles. The summed E-state index contributed by atoms with van der Waals surface area (Å²) in [5.74, 6) is 1.37. The first kappa shape index (κ1) is 12.4. The maximum atomic E-state index is 14.0. The molecule has 0 unspecified atom stereocenters. The smallest absolute Gasteiger partial charge is 0.178 e. The van der Waals surface area contributed by atoms with Gasteiger partial charge in [0.1, 0.15) is 11.5 Å². The van der Waals surface area contributed by atoms with Gasteiger partial charge in [-0.1, -0.05) is 54.6 Å². The van der Waals surface area contributed by atoms with Crippen LogP contribution in [0.15, 0.2) is 78.9 Å². The van der Waals surface area contributed by atoms with Crippen LogP contribution in [0.4, 0.5) is 0 Å². The lowest BCUT2D eigenvalue weighted by molar-refractivity contribution is 0.485. The largest absolute Gasteiger partial charge is 0.456 e. The van der Waals surface area contributed by atoms with E-state index in [0.29, 0.717) is 11.5 Å². The van der Waals surface area contributed by atoms with E-state index in [0.717, 1.165) is 15.9 Å². The van der Waals surface area contributed by atoms with E-state index in [9.17, 15) is 4.57 Å². The van der Waals surface area contributed by atoms with Crippen LogP contribution in [0.25, 0.3) is 0 Å². The number of rotatable bonds is 1. The molecule has 0 saturated heterocycles. The van der Waals surface area contributed by atoms with Crippen molar-refractivity contribution in [2.24, 2.45) is 0 Å². The second-order valence-electron chi connectivity index (χ2n) is 4.98. The SMILES string of the molecule is O=P1(c2ccccc2)c2ccccc2Oc2ccccc21. The van der Waals surface area contributed by atoms with Gasteiger partial charge < -0.3 is 9.30 Å². The maximum absolute atomic E-state index is 14.0. The summed E-state index contributed by atoms with van der Waals surface area (Å²) in [7, 11) is -2.87. The molecule has 0 atom stereocenters. The van der Waals surface area contributed by atoms with Crippen molar-refractivity contribution in [1.29, 1.82) is 0 Å². The van der Waals surface area contributed by atoms with Crippen LogP contribution in [0.5, 0.6) is 11.5 Å². The summed E-state index contributed by atoms with van der Waals surface area (Å²) in [6.45, 7) is 0. The van der Waals surface area contributed by atoms with Crippen molar-refractivity contribution in [1.82, 2.24) is 0 Å². The fourth-order valence-corrected chi connectivity index (χ4v) is 5.63. The molecular formula is C18H13O2P. The van der Waals surface area contributed by atoms with Crippen LogP contribution in [0.1, 0.15) is 0 Å². The highest BCUT2D eigenvalue weighted by molar-refractivity contribution is 7.85. The Morgan fingerprint density at radius 3 is 1.67 bits per heavy atom. The zero-order valence-electron chi connectivity index (χ0n) is 11.3. The molecule has 1 aliphatic rings. The van der Waals surface area contributed by atoms with Gasteiger partial charge in [-0.25, -0.2) is 0 Å². The normalized spacial score (nSPS) is 14.7. The van der Waals surface area contributed by atoms with Crippen molar-refractivity contribution in [3.63, 3.8) is 0 Å². The van der Waals surface area contributed by atoms with Gasteiger partial charge in [-0.2, -0.15) is 0 Å². The summed E-state index contributed by atoms with van der Waals surface area (Å²) in [5, 5.41) is 2.39. The third-order valence-corrected chi connectivity index (χ3v) is 6.87. The molecule has 2 nitrogen and oxygen atoms in total. The summed E-state index contributed by atoms with van der Waals surface area (Å²) in [6, 6.07) is 24.8. The lowest BCUT2D eigenvalue weighted by Crippen LogP contribution is -2.30. The van der Waals surface area contributed by atoms with E-state index in [1.165, 1.54) is 0 Å². The third-order valence-electron chi connectivity index (χ3n) is 3.75. The third kappa shape index (κ3) is 1.76. The Hall–Kier alpha value is -2.31. The Kier molecular flexibility index (Phi) is 2.73. The number of hydrogen-bond donors (Lipinski definition) is 0. The van der Waals surface area contributed by atoms with Crippen LogP contribution < -0.4 is 20.7 Å². The van der Waals surface area contributed by atoms with Crippen LogP contribution in [0, 0.1) is 0 Å².